The topological polar surface area (TPSA) is 68.2 Å². The van der Waals surface area contributed by atoms with Crippen LogP contribution < -0.4 is 10.6 Å². The van der Waals surface area contributed by atoms with E-state index >= 15 is 0 Å². The highest BCUT2D eigenvalue weighted by Crippen LogP contribution is 2.30. The molecule has 8 heteroatoms. The summed E-state index contributed by atoms with van der Waals surface area (Å²) in [6.07, 6.45) is -3.31. The van der Waals surface area contributed by atoms with E-state index in [0.717, 1.165) is 18.3 Å². The lowest BCUT2D eigenvalue weighted by Crippen LogP contribution is -2.46. The van der Waals surface area contributed by atoms with Crippen molar-refractivity contribution < 1.29 is 18.0 Å². The molecule has 122 valence electrons. The van der Waals surface area contributed by atoms with Crippen LogP contribution in [0.25, 0.3) is 0 Å². The molecule has 0 unspecified atom stereocenters. The number of carbonyl (C=O) groups excluding carboxylic acids is 1. The van der Waals surface area contributed by atoms with Gasteiger partial charge in [0, 0.05) is 38.1 Å². The standard InChI is InChI=1S/C15H15F3N4O/c16-15(17,18)12-2-1-3-13(8-12)21-10-11(9-19)14(23)22-6-4-20-5-7-22/h1-3,8,10,20-21H,4-7H2/b11-10-. The van der Waals surface area contributed by atoms with Gasteiger partial charge in [-0.25, -0.2) is 0 Å². The second kappa shape index (κ2) is 7.15. The van der Waals surface area contributed by atoms with Crippen molar-refractivity contribution in [2.75, 3.05) is 31.5 Å². The first-order valence-electron chi connectivity index (χ1n) is 6.96. The number of carbonyl (C=O) groups is 1. The van der Waals surface area contributed by atoms with Crippen molar-refractivity contribution in [3.8, 4) is 6.07 Å². The number of rotatable bonds is 3. The first-order valence-corrected chi connectivity index (χ1v) is 6.96. The number of alkyl halides is 3. The van der Waals surface area contributed by atoms with E-state index in [1.807, 2.05) is 0 Å². The van der Waals surface area contributed by atoms with E-state index in [1.54, 1.807) is 6.07 Å². The number of hydrogen-bond acceptors (Lipinski definition) is 4. The van der Waals surface area contributed by atoms with Crippen LogP contribution in [-0.4, -0.2) is 37.0 Å². The minimum atomic E-state index is -4.45. The fourth-order valence-electron chi connectivity index (χ4n) is 2.12. The van der Waals surface area contributed by atoms with E-state index in [0.29, 0.717) is 26.2 Å². The van der Waals surface area contributed by atoms with Gasteiger partial charge in [-0.05, 0) is 18.2 Å². The van der Waals surface area contributed by atoms with Crippen molar-refractivity contribution in [1.82, 2.24) is 10.2 Å². The van der Waals surface area contributed by atoms with Crippen molar-refractivity contribution in [3.63, 3.8) is 0 Å². The Labute approximate surface area is 131 Å². The van der Waals surface area contributed by atoms with Crippen molar-refractivity contribution in [2.45, 2.75) is 6.18 Å². The van der Waals surface area contributed by atoms with Crippen LogP contribution in [0.5, 0.6) is 0 Å². The van der Waals surface area contributed by atoms with Crippen molar-refractivity contribution in [2.24, 2.45) is 0 Å². The number of nitrogens with one attached hydrogen (secondary N) is 2. The van der Waals surface area contributed by atoms with Crippen LogP contribution in [0.2, 0.25) is 0 Å². The van der Waals surface area contributed by atoms with E-state index in [-0.39, 0.29) is 11.3 Å². The summed E-state index contributed by atoms with van der Waals surface area (Å²) in [6.45, 7) is 2.26. The highest BCUT2D eigenvalue weighted by atomic mass is 19.4. The van der Waals surface area contributed by atoms with Crippen LogP contribution in [0.15, 0.2) is 36.0 Å². The Balaban J connectivity index is 2.10. The van der Waals surface area contributed by atoms with Crippen LogP contribution in [0.3, 0.4) is 0 Å². The Bertz CT molecular complexity index is 643. The van der Waals surface area contributed by atoms with Crippen molar-refractivity contribution >= 4 is 11.6 Å². The van der Waals surface area contributed by atoms with Gasteiger partial charge in [0.25, 0.3) is 5.91 Å². The molecule has 1 fully saturated rings. The highest BCUT2D eigenvalue weighted by Gasteiger charge is 2.30. The Morgan fingerprint density at radius 3 is 2.65 bits per heavy atom. The quantitative estimate of drug-likeness (QED) is 0.659. The molecule has 1 aliphatic heterocycles. The van der Waals surface area contributed by atoms with Crippen molar-refractivity contribution in [3.05, 3.63) is 41.6 Å². The van der Waals surface area contributed by atoms with Gasteiger partial charge in [-0.3, -0.25) is 4.79 Å². The molecule has 1 heterocycles. The molecule has 1 amide bonds. The van der Waals surface area contributed by atoms with Gasteiger partial charge < -0.3 is 15.5 Å². The monoisotopic (exact) mass is 324 g/mol. The first kappa shape index (κ1) is 16.8. The van der Waals surface area contributed by atoms with E-state index in [9.17, 15) is 18.0 Å². The van der Waals surface area contributed by atoms with Gasteiger partial charge in [0.2, 0.25) is 0 Å². The number of amides is 1. The molecule has 23 heavy (non-hydrogen) atoms. The largest absolute Gasteiger partial charge is 0.416 e. The third kappa shape index (κ3) is 4.47. The van der Waals surface area contributed by atoms with Gasteiger partial charge in [0.1, 0.15) is 11.6 Å². The second-order valence-corrected chi connectivity index (χ2v) is 4.93. The maximum Gasteiger partial charge on any atom is 0.416 e. The minimum Gasteiger partial charge on any atom is -0.360 e. The molecule has 0 aromatic heterocycles. The Morgan fingerprint density at radius 2 is 2.04 bits per heavy atom. The molecule has 1 saturated heterocycles. The lowest BCUT2D eigenvalue weighted by Gasteiger charge is -2.27. The zero-order chi connectivity index (χ0) is 16.9. The summed E-state index contributed by atoms with van der Waals surface area (Å²) in [7, 11) is 0. The summed E-state index contributed by atoms with van der Waals surface area (Å²) in [5.41, 5.74) is -0.798. The fourth-order valence-corrected chi connectivity index (χ4v) is 2.12. The van der Waals surface area contributed by atoms with E-state index in [2.05, 4.69) is 10.6 Å². The molecule has 5 nitrogen and oxygen atoms in total. The maximum atomic E-state index is 12.6. The van der Waals surface area contributed by atoms with E-state index < -0.39 is 17.6 Å². The van der Waals surface area contributed by atoms with Gasteiger partial charge in [0.15, 0.2) is 0 Å². The highest BCUT2D eigenvalue weighted by molar-refractivity contribution is 5.97. The number of halogens is 3. The van der Waals surface area contributed by atoms with Crippen LogP contribution >= 0.6 is 0 Å². The van der Waals surface area contributed by atoms with Crippen molar-refractivity contribution in [1.29, 1.82) is 5.26 Å². The summed E-state index contributed by atoms with van der Waals surface area (Å²) in [5.74, 6) is -0.437. The average Bonchev–Trinajstić information content (AvgIpc) is 2.55. The first-order chi connectivity index (χ1) is 10.9. The molecule has 0 atom stereocenters. The van der Waals surface area contributed by atoms with Gasteiger partial charge in [-0.2, -0.15) is 18.4 Å². The molecule has 0 aliphatic carbocycles. The summed E-state index contributed by atoms with van der Waals surface area (Å²) in [5, 5.41) is 14.8. The molecule has 0 saturated carbocycles. The SMILES string of the molecule is N#C/C(=C/Nc1cccc(C(F)(F)F)c1)C(=O)N1CCNCC1. The Morgan fingerprint density at radius 1 is 1.35 bits per heavy atom. The molecule has 0 radical (unpaired) electrons. The number of nitrogens with zero attached hydrogens (tertiary/aromatic N) is 2. The fraction of sp³-hybridized carbons (Fsp3) is 0.333. The molecule has 1 aliphatic rings. The molecule has 2 rings (SSSR count). The number of hydrogen-bond donors (Lipinski definition) is 2. The number of anilines is 1. The third-order valence-corrected chi connectivity index (χ3v) is 3.33. The van der Waals surface area contributed by atoms with Gasteiger partial charge >= 0.3 is 6.18 Å². The van der Waals surface area contributed by atoms with Crippen LogP contribution in [0.1, 0.15) is 5.56 Å². The molecule has 0 bridgehead atoms. The van der Waals surface area contributed by atoms with Gasteiger partial charge in [-0.1, -0.05) is 6.07 Å². The van der Waals surface area contributed by atoms with E-state index in [1.165, 1.54) is 17.0 Å². The number of benzene rings is 1. The van der Waals surface area contributed by atoms with Crippen LogP contribution in [0, 0.1) is 11.3 Å². The average molecular weight is 324 g/mol. The molecule has 2 N–H and O–H groups in total. The Kier molecular flexibility index (Phi) is 5.24. The minimum absolute atomic E-state index is 0.149. The zero-order valence-corrected chi connectivity index (χ0v) is 12.2. The maximum absolute atomic E-state index is 12.6. The predicted octanol–water partition coefficient (Wildman–Crippen LogP) is 1.96. The molecule has 1 aromatic rings. The Hall–Kier alpha value is -2.53. The van der Waals surface area contributed by atoms with Crippen LogP contribution in [0.4, 0.5) is 18.9 Å². The summed E-state index contributed by atoms with van der Waals surface area (Å²) < 4.78 is 37.9. The molecular weight excluding hydrogens is 309 g/mol. The lowest BCUT2D eigenvalue weighted by molar-refractivity contribution is -0.137. The third-order valence-electron chi connectivity index (χ3n) is 3.33. The van der Waals surface area contributed by atoms with Gasteiger partial charge in [0.05, 0.1) is 5.56 Å². The number of piperazine rings is 1. The summed E-state index contributed by atoms with van der Waals surface area (Å²) >= 11 is 0. The summed E-state index contributed by atoms with van der Waals surface area (Å²) in [4.78, 5) is 13.7. The second-order valence-electron chi connectivity index (χ2n) is 4.93. The number of nitriles is 1. The molecular formula is C15H15F3N4O. The molecule has 0 spiro atoms. The smallest absolute Gasteiger partial charge is 0.360 e. The van der Waals surface area contributed by atoms with Crippen LogP contribution in [-0.2, 0) is 11.0 Å². The normalized spacial score (nSPS) is 15.9. The predicted molar refractivity (Wildman–Crippen MR) is 78.2 cm³/mol. The summed E-state index contributed by atoms with van der Waals surface area (Å²) in [6, 6.07) is 6.33. The van der Waals surface area contributed by atoms with E-state index in [4.69, 9.17) is 5.26 Å². The zero-order valence-electron chi connectivity index (χ0n) is 12.2. The lowest BCUT2D eigenvalue weighted by atomic mass is 10.2. The molecule has 1 aromatic carbocycles. The van der Waals surface area contributed by atoms with Gasteiger partial charge in [-0.15, -0.1) is 0 Å².